The van der Waals surface area contributed by atoms with E-state index in [9.17, 15) is 9.18 Å². The number of carbonyl (C=O) groups excluding carboxylic acids is 1. The average molecular weight is 358 g/mol. The molecule has 0 bridgehead atoms. The Morgan fingerprint density at radius 1 is 1.31 bits per heavy atom. The number of halogens is 1. The third kappa shape index (κ3) is 3.96. The van der Waals surface area contributed by atoms with Gasteiger partial charge < -0.3 is 19.3 Å². The minimum Gasteiger partial charge on any atom is -0.496 e. The number of amides is 1. The van der Waals surface area contributed by atoms with E-state index in [-0.39, 0.29) is 24.2 Å². The topological polar surface area (TPSA) is 42.0 Å². The van der Waals surface area contributed by atoms with Crippen LogP contribution in [0.3, 0.4) is 0 Å². The number of rotatable bonds is 5. The molecule has 138 valence electrons. The van der Waals surface area contributed by atoms with E-state index in [0.29, 0.717) is 30.2 Å². The Bertz CT molecular complexity index is 794. The van der Waals surface area contributed by atoms with Crippen molar-refractivity contribution in [1.82, 2.24) is 4.90 Å². The molecule has 0 N–H and O–H groups in total. The predicted octanol–water partition coefficient (Wildman–Crippen LogP) is 2.73. The highest BCUT2D eigenvalue weighted by atomic mass is 19.1. The minimum absolute atomic E-state index is 0.0595. The molecule has 0 radical (unpaired) electrons. The van der Waals surface area contributed by atoms with Gasteiger partial charge in [0.15, 0.2) is 0 Å². The highest BCUT2D eigenvalue weighted by Crippen LogP contribution is 2.34. The molecule has 0 saturated heterocycles. The van der Waals surface area contributed by atoms with Crippen LogP contribution in [0.4, 0.5) is 10.1 Å². The summed E-state index contributed by atoms with van der Waals surface area (Å²) in [5.41, 5.74) is 1.27. The maximum absolute atomic E-state index is 13.6. The lowest BCUT2D eigenvalue weighted by molar-refractivity contribution is -0.118. The molecule has 0 aromatic heterocycles. The molecule has 1 amide bonds. The normalized spacial score (nSPS) is 16.2. The Hall–Kier alpha value is -2.60. The molecule has 1 aliphatic rings. The second-order valence-electron chi connectivity index (χ2n) is 6.61. The van der Waals surface area contributed by atoms with Crippen LogP contribution in [0.15, 0.2) is 42.5 Å². The van der Waals surface area contributed by atoms with Crippen LogP contribution in [0.25, 0.3) is 0 Å². The monoisotopic (exact) mass is 358 g/mol. The molecule has 1 atom stereocenters. The van der Waals surface area contributed by atoms with Gasteiger partial charge >= 0.3 is 0 Å². The smallest absolute Gasteiger partial charge is 0.231 e. The lowest BCUT2D eigenvalue weighted by atomic mass is 10.1. The number of nitrogens with zero attached hydrogens (tertiary/aromatic N) is 2. The molecule has 0 aliphatic carbocycles. The fourth-order valence-corrected chi connectivity index (χ4v) is 3.18. The lowest BCUT2D eigenvalue weighted by Crippen LogP contribution is -2.47. The second kappa shape index (κ2) is 7.74. The van der Waals surface area contributed by atoms with Crippen molar-refractivity contribution in [1.29, 1.82) is 0 Å². The fraction of sp³-hybridized carbons (Fsp3) is 0.350. The van der Waals surface area contributed by atoms with Crippen LogP contribution in [-0.4, -0.2) is 51.2 Å². The maximum atomic E-state index is 13.6. The minimum atomic E-state index is -0.388. The van der Waals surface area contributed by atoms with Gasteiger partial charge in [0.2, 0.25) is 5.91 Å². The van der Waals surface area contributed by atoms with Crippen LogP contribution in [0.2, 0.25) is 0 Å². The van der Waals surface area contributed by atoms with Crippen molar-refractivity contribution in [3.05, 3.63) is 53.8 Å². The van der Waals surface area contributed by atoms with E-state index in [1.807, 2.05) is 43.3 Å². The fourth-order valence-electron chi connectivity index (χ4n) is 3.18. The molecule has 1 heterocycles. The van der Waals surface area contributed by atoms with Crippen LogP contribution in [0, 0.1) is 5.82 Å². The Morgan fingerprint density at radius 3 is 2.81 bits per heavy atom. The first-order valence-electron chi connectivity index (χ1n) is 8.51. The molecule has 1 unspecified atom stereocenters. The van der Waals surface area contributed by atoms with Crippen LogP contribution in [0.5, 0.6) is 11.5 Å². The summed E-state index contributed by atoms with van der Waals surface area (Å²) in [4.78, 5) is 16.8. The van der Waals surface area contributed by atoms with E-state index in [1.165, 1.54) is 19.2 Å². The third-order valence-corrected chi connectivity index (χ3v) is 4.29. The van der Waals surface area contributed by atoms with Gasteiger partial charge in [-0.2, -0.15) is 0 Å². The van der Waals surface area contributed by atoms with Gasteiger partial charge in [-0.3, -0.25) is 4.79 Å². The molecular formula is C20H23FN2O3. The number of benzene rings is 2. The van der Waals surface area contributed by atoms with Crippen molar-refractivity contribution in [3.63, 3.8) is 0 Å². The Labute approximate surface area is 152 Å². The van der Waals surface area contributed by atoms with Gasteiger partial charge in [0.1, 0.15) is 23.4 Å². The summed E-state index contributed by atoms with van der Waals surface area (Å²) in [5, 5.41) is 0. The summed E-state index contributed by atoms with van der Waals surface area (Å²) in [6.45, 7) is 1.15. The molecule has 3 rings (SSSR count). The first kappa shape index (κ1) is 18.2. The van der Waals surface area contributed by atoms with Crippen molar-refractivity contribution in [3.8, 4) is 11.5 Å². The molecule has 1 aliphatic heterocycles. The predicted molar refractivity (Wildman–Crippen MR) is 98.4 cm³/mol. The second-order valence-corrected chi connectivity index (χ2v) is 6.61. The van der Waals surface area contributed by atoms with E-state index < -0.39 is 0 Å². The van der Waals surface area contributed by atoms with Crippen molar-refractivity contribution in [2.24, 2.45) is 0 Å². The Balaban J connectivity index is 1.87. The van der Waals surface area contributed by atoms with Crippen LogP contribution in [0.1, 0.15) is 5.56 Å². The zero-order chi connectivity index (χ0) is 18.7. The first-order valence-corrected chi connectivity index (χ1v) is 8.51. The molecular weight excluding hydrogens is 335 g/mol. The number of methoxy groups -OCH3 is 1. The standard InChI is InChI=1S/C20H23FN2O3/c1-22(2)12-16-13-23(17-6-4-5-7-19(17)26-16)20(24)11-14-10-15(21)8-9-18(14)25-3/h4-10,16H,11-13H2,1-3H3. The highest BCUT2D eigenvalue weighted by Gasteiger charge is 2.30. The summed E-state index contributed by atoms with van der Waals surface area (Å²) in [7, 11) is 5.44. The lowest BCUT2D eigenvalue weighted by Gasteiger charge is -2.36. The van der Waals surface area contributed by atoms with E-state index in [4.69, 9.17) is 9.47 Å². The molecule has 0 fully saturated rings. The number of para-hydroxylation sites is 2. The van der Waals surface area contributed by atoms with Gasteiger partial charge in [-0.25, -0.2) is 4.39 Å². The summed E-state index contributed by atoms with van der Waals surface area (Å²) >= 11 is 0. The van der Waals surface area contributed by atoms with E-state index in [0.717, 1.165) is 5.69 Å². The van der Waals surface area contributed by atoms with Gasteiger partial charge in [-0.05, 0) is 44.4 Å². The number of likely N-dealkylation sites (N-methyl/N-ethyl adjacent to an activating group) is 1. The first-order chi connectivity index (χ1) is 12.5. The van der Waals surface area contributed by atoms with Crippen LogP contribution in [-0.2, 0) is 11.2 Å². The summed E-state index contributed by atoms with van der Waals surface area (Å²) < 4.78 is 24.9. The van der Waals surface area contributed by atoms with Crippen LogP contribution < -0.4 is 14.4 Å². The number of fused-ring (bicyclic) bond motifs is 1. The third-order valence-electron chi connectivity index (χ3n) is 4.29. The number of hydrogen-bond acceptors (Lipinski definition) is 4. The molecule has 5 nitrogen and oxygen atoms in total. The van der Waals surface area contributed by atoms with Crippen molar-refractivity contribution >= 4 is 11.6 Å². The van der Waals surface area contributed by atoms with Gasteiger partial charge in [0.05, 0.1) is 25.8 Å². The van der Waals surface area contributed by atoms with Crippen molar-refractivity contribution in [2.45, 2.75) is 12.5 Å². The quantitative estimate of drug-likeness (QED) is 0.824. The van der Waals surface area contributed by atoms with Crippen molar-refractivity contribution in [2.75, 3.05) is 39.2 Å². The number of ether oxygens (including phenoxy) is 2. The number of anilines is 1. The van der Waals surface area contributed by atoms with Crippen LogP contribution >= 0.6 is 0 Å². The van der Waals surface area contributed by atoms with Gasteiger partial charge in [-0.1, -0.05) is 12.1 Å². The molecule has 0 spiro atoms. The molecule has 26 heavy (non-hydrogen) atoms. The maximum Gasteiger partial charge on any atom is 0.231 e. The summed E-state index contributed by atoms with van der Waals surface area (Å²) in [5.74, 6) is 0.686. The molecule has 6 heteroatoms. The van der Waals surface area contributed by atoms with Gasteiger partial charge in [-0.15, -0.1) is 0 Å². The van der Waals surface area contributed by atoms with E-state index in [1.54, 1.807) is 11.0 Å². The molecule has 2 aromatic carbocycles. The largest absolute Gasteiger partial charge is 0.496 e. The zero-order valence-corrected chi connectivity index (χ0v) is 15.2. The molecule has 2 aromatic rings. The van der Waals surface area contributed by atoms with E-state index >= 15 is 0 Å². The van der Waals surface area contributed by atoms with E-state index in [2.05, 4.69) is 0 Å². The number of carbonyl (C=O) groups is 1. The average Bonchev–Trinajstić information content (AvgIpc) is 2.60. The summed E-state index contributed by atoms with van der Waals surface area (Å²) in [6, 6.07) is 11.7. The Morgan fingerprint density at radius 2 is 2.08 bits per heavy atom. The SMILES string of the molecule is COc1ccc(F)cc1CC(=O)N1CC(CN(C)C)Oc2ccccc21. The summed E-state index contributed by atoms with van der Waals surface area (Å²) in [6.07, 6.45) is -0.0671. The zero-order valence-electron chi connectivity index (χ0n) is 15.2. The molecule has 0 saturated carbocycles. The van der Waals surface area contributed by atoms with Gasteiger partial charge in [0.25, 0.3) is 0 Å². The van der Waals surface area contributed by atoms with Gasteiger partial charge in [0, 0.05) is 12.1 Å². The number of hydrogen-bond donors (Lipinski definition) is 0. The Kier molecular flexibility index (Phi) is 5.42. The highest BCUT2D eigenvalue weighted by molar-refractivity contribution is 5.97. The van der Waals surface area contributed by atoms with Crippen molar-refractivity contribution < 1.29 is 18.7 Å².